The number of ether oxygens (including phenoxy) is 2. The molecular weight excluding hydrogens is 440 g/mol. The normalized spacial score (nSPS) is 43.8. The van der Waals surface area contributed by atoms with Crippen molar-refractivity contribution >= 4 is 0 Å². The summed E-state index contributed by atoms with van der Waals surface area (Å²) < 4.78 is 13.8. The molecule has 1 aromatic carbocycles. The van der Waals surface area contributed by atoms with E-state index in [0.29, 0.717) is 17.4 Å². The van der Waals surface area contributed by atoms with Crippen LogP contribution >= 0.6 is 0 Å². The lowest BCUT2D eigenvalue weighted by Gasteiger charge is -2.40. The van der Waals surface area contributed by atoms with Gasteiger partial charge in [-0.25, -0.2) is 0 Å². The molecule has 6 fully saturated rings. The minimum Gasteiger partial charge on any atom is -0.465 e. The van der Waals surface area contributed by atoms with Gasteiger partial charge in [0.2, 0.25) is 0 Å². The van der Waals surface area contributed by atoms with Crippen molar-refractivity contribution in [1.29, 1.82) is 0 Å². The van der Waals surface area contributed by atoms with Crippen LogP contribution in [0.1, 0.15) is 110 Å². The van der Waals surface area contributed by atoms with Crippen LogP contribution in [0.2, 0.25) is 0 Å². The van der Waals surface area contributed by atoms with Gasteiger partial charge in [-0.2, -0.15) is 0 Å². The van der Waals surface area contributed by atoms with Crippen molar-refractivity contribution in [2.45, 2.75) is 117 Å². The summed E-state index contributed by atoms with van der Waals surface area (Å²) >= 11 is 0. The standard InChI is InChI=1S/C34H50O2/c1-20(19-34(2,3)4)22-9-11-28(12-10-22)35-31(18-26-14-21-5-6-23(26)13-21)36-30-17-27-16-29(30)33-25-8-7-24(15-25)32(27)33/h9-12,20-21,23-27,29-33H,5-8,13-19H2,1-4H3. The number of fused-ring (bicyclic) bond motifs is 11. The van der Waals surface area contributed by atoms with Crippen molar-refractivity contribution in [2.24, 2.45) is 58.7 Å². The molecule has 0 radical (unpaired) electrons. The van der Waals surface area contributed by atoms with Gasteiger partial charge in [0.15, 0.2) is 6.29 Å². The van der Waals surface area contributed by atoms with Crippen LogP contribution in [0.4, 0.5) is 0 Å². The molecule has 36 heavy (non-hydrogen) atoms. The fourth-order valence-corrected chi connectivity index (χ4v) is 11.0. The molecule has 12 unspecified atom stereocenters. The fraction of sp³-hybridized carbons (Fsp3) is 0.824. The maximum absolute atomic E-state index is 7.06. The molecule has 12 atom stereocenters. The van der Waals surface area contributed by atoms with Crippen molar-refractivity contribution in [3.05, 3.63) is 29.8 Å². The second-order valence-electron chi connectivity index (χ2n) is 15.5. The lowest BCUT2D eigenvalue weighted by molar-refractivity contribution is -0.157. The van der Waals surface area contributed by atoms with Crippen molar-refractivity contribution in [3.63, 3.8) is 0 Å². The van der Waals surface area contributed by atoms with Gasteiger partial charge in [-0.1, -0.05) is 46.2 Å². The Kier molecular flexibility index (Phi) is 6.03. The van der Waals surface area contributed by atoms with Gasteiger partial charge in [0, 0.05) is 6.42 Å². The van der Waals surface area contributed by atoms with E-state index >= 15 is 0 Å². The summed E-state index contributed by atoms with van der Waals surface area (Å²) in [5.41, 5.74) is 1.78. The second kappa shape index (κ2) is 9.03. The highest BCUT2D eigenvalue weighted by atomic mass is 16.7. The minimum atomic E-state index is -0.0615. The number of rotatable bonds is 8. The van der Waals surface area contributed by atoms with Crippen LogP contribution in [-0.4, -0.2) is 12.4 Å². The molecule has 0 amide bonds. The van der Waals surface area contributed by atoms with E-state index in [1.165, 1.54) is 63.4 Å². The summed E-state index contributed by atoms with van der Waals surface area (Å²) in [6, 6.07) is 9.05. The molecule has 6 aliphatic carbocycles. The predicted octanol–water partition coefficient (Wildman–Crippen LogP) is 8.84. The summed E-state index contributed by atoms with van der Waals surface area (Å²) in [6.45, 7) is 9.38. The summed E-state index contributed by atoms with van der Waals surface area (Å²) in [7, 11) is 0. The molecule has 0 saturated heterocycles. The van der Waals surface area contributed by atoms with Crippen LogP contribution in [0.25, 0.3) is 0 Å². The van der Waals surface area contributed by atoms with Gasteiger partial charge in [0.05, 0.1) is 6.10 Å². The zero-order chi connectivity index (χ0) is 24.6. The summed E-state index contributed by atoms with van der Waals surface area (Å²) in [5.74, 6) is 10.2. The zero-order valence-electron chi connectivity index (χ0n) is 23.3. The first-order valence-electron chi connectivity index (χ1n) is 15.7. The highest BCUT2D eigenvalue weighted by Gasteiger charge is 2.63. The maximum atomic E-state index is 7.06. The van der Waals surface area contributed by atoms with E-state index < -0.39 is 0 Å². The molecule has 0 N–H and O–H groups in total. The molecule has 198 valence electrons. The fourth-order valence-electron chi connectivity index (χ4n) is 11.0. The van der Waals surface area contributed by atoms with Crippen molar-refractivity contribution in [3.8, 4) is 5.75 Å². The summed E-state index contributed by atoms with van der Waals surface area (Å²) in [4.78, 5) is 0. The molecule has 1 aromatic rings. The molecule has 0 aliphatic heterocycles. The van der Waals surface area contributed by atoms with Gasteiger partial charge in [-0.05, 0) is 140 Å². The Labute approximate surface area is 220 Å². The Balaban J connectivity index is 1.04. The van der Waals surface area contributed by atoms with Gasteiger partial charge >= 0.3 is 0 Å². The quantitative estimate of drug-likeness (QED) is 0.268. The molecule has 0 aromatic heterocycles. The zero-order valence-corrected chi connectivity index (χ0v) is 23.3. The first kappa shape index (κ1) is 24.1. The molecule has 2 heteroatoms. The Morgan fingerprint density at radius 3 is 2.25 bits per heavy atom. The summed E-state index contributed by atoms with van der Waals surface area (Å²) in [5, 5.41) is 0. The van der Waals surface area contributed by atoms with Crippen LogP contribution < -0.4 is 4.74 Å². The van der Waals surface area contributed by atoms with E-state index in [-0.39, 0.29) is 6.29 Å². The third-order valence-corrected chi connectivity index (χ3v) is 12.0. The monoisotopic (exact) mass is 490 g/mol. The first-order chi connectivity index (χ1) is 17.3. The van der Waals surface area contributed by atoms with Crippen molar-refractivity contribution in [2.75, 3.05) is 0 Å². The van der Waals surface area contributed by atoms with Gasteiger partial charge in [-0.15, -0.1) is 0 Å². The molecule has 6 aliphatic rings. The average Bonchev–Trinajstić information content (AvgIpc) is 3.66. The maximum Gasteiger partial charge on any atom is 0.200 e. The van der Waals surface area contributed by atoms with E-state index in [1.54, 1.807) is 6.42 Å². The smallest absolute Gasteiger partial charge is 0.200 e. The van der Waals surface area contributed by atoms with Gasteiger partial charge < -0.3 is 9.47 Å². The minimum absolute atomic E-state index is 0.0615. The number of hydrogen-bond acceptors (Lipinski definition) is 2. The average molecular weight is 491 g/mol. The van der Waals surface area contributed by atoms with Crippen LogP contribution in [0, 0.1) is 58.7 Å². The topological polar surface area (TPSA) is 18.5 Å². The molecule has 7 rings (SSSR count). The molecule has 0 spiro atoms. The van der Waals surface area contributed by atoms with Gasteiger partial charge in [-0.3, -0.25) is 0 Å². The Hall–Kier alpha value is -1.02. The molecular formula is C34H50O2. The van der Waals surface area contributed by atoms with Gasteiger partial charge in [0.25, 0.3) is 0 Å². The predicted molar refractivity (Wildman–Crippen MR) is 146 cm³/mol. The highest BCUT2D eigenvalue weighted by molar-refractivity contribution is 5.29. The molecule has 6 saturated carbocycles. The van der Waals surface area contributed by atoms with E-state index in [1.807, 2.05) is 0 Å². The van der Waals surface area contributed by atoms with Gasteiger partial charge in [0.1, 0.15) is 5.75 Å². The van der Waals surface area contributed by atoms with Crippen molar-refractivity contribution < 1.29 is 9.47 Å². The second-order valence-corrected chi connectivity index (χ2v) is 15.5. The third kappa shape index (κ3) is 4.36. The van der Waals surface area contributed by atoms with E-state index in [4.69, 9.17) is 9.47 Å². The van der Waals surface area contributed by atoms with Crippen LogP contribution in [0.5, 0.6) is 5.75 Å². The largest absolute Gasteiger partial charge is 0.465 e. The van der Waals surface area contributed by atoms with Crippen LogP contribution in [-0.2, 0) is 4.74 Å². The van der Waals surface area contributed by atoms with E-state index in [0.717, 1.165) is 65.4 Å². The first-order valence-corrected chi connectivity index (χ1v) is 15.7. The molecule has 2 nitrogen and oxygen atoms in total. The number of benzene rings is 1. The van der Waals surface area contributed by atoms with E-state index in [2.05, 4.69) is 52.0 Å². The Bertz CT molecular complexity index is 929. The molecule has 6 bridgehead atoms. The SMILES string of the molecule is CC(CC(C)(C)C)c1ccc(OC(CC2CC3CCC2C3)OC2CC3CC2C2C4CCC(C4)C32)cc1. The Morgan fingerprint density at radius 1 is 0.806 bits per heavy atom. The summed E-state index contributed by atoms with van der Waals surface area (Å²) in [6.07, 6.45) is 15.9. The van der Waals surface area contributed by atoms with Crippen LogP contribution in [0.3, 0.4) is 0 Å². The lowest BCUT2D eigenvalue weighted by Crippen LogP contribution is -2.40. The van der Waals surface area contributed by atoms with Crippen LogP contribution in [0.15, 0.2) is 24.3 Å². The lowest BCUT2D eigenvalue weighted by atomic mass is 9.70. The number of hydrogen-bond donors (Lipinski definition) is 0. The highest BCUT2D eigenvalue weighted by Crippen LogP contribution is 2.68. The van der Waals surface area contributed by atoms with Crippen molar-refractivity contribution in [1.82, 2.24) is 0 Å². The third-order valence-electron chi connectivity index (χ3n) is 12.0. The molecule has 0 heterocycles. The Morgan fingerprint density at radius 2 is 1.56 bits per heavy atom. The van der Waals surface area contributed by atoms with E-state index in [9.17, 15) is 0 Å².